The predicted octanol–water partition coefficient (Wildman–Crippen LogP) is 1.23. The molecular weight excluding hydrogens is 210 g/mol. The summed E-state index contributed by atoms with van der Waals surface area (Å²) in [6, 6.07) is 0. The molecule has 0 unspecified atom stereocenters. The van der Waals surface area contributed by atoms with Crippen LogP contribution in [0.3, 0.4) is 0 Å². The van der Waals surface area contributed by atoms with E-state index in [9.17, 15) is 4.79 Å². The summed E-state index contributed by atoms with van der Waals surface area (Å²) in [4.78, 5) is 9.32. The number of carboxylic acid groups (broad SMARTS) is 1. The van der Waals surface area contributed by atoms with E-state index < -0.39 is 5.97 Å². The summed E-state index contributed by atoms with van der Waals surface area (Å²) in [5.74, 6) is -0.829. The van der Waals surface area contributed by atoms with Crippen LogP contribution in [0.15, 0.2) is 0 Å². The van der Waals surface area contributed by atoms with E-state index in [1.165, 1.54) is 32.4 Å². The number of halogens is 1. The SMILES string of the molecule is C1CCNCC1.O=C(O)CBr. The van der Waals surface area contributed by atoms with Crippen molar-refractivity contribution >= 4 is 21.9 Å². The maximum Gasteiger partial charge on any atom is 0.314 e. The topological polar surface area (TPSA) is 49.3 Å². The van der Waals surface area contributed by atoms with Gasteiger partial charge in [0.15, 0.2) is 0 Å². The highest BCUT2D eigenvalue weighted by molar-refractivity contribution is 9.09. The van der Waals surface area contributed by atoms with Crippen LogP contribution in [0.5, 0.6) is 0 Å². The number of carbonyl (C=O) groups is 1. The fraction of sp³-hybridized carbons (Fsp3) is 0.857. The Bertz CT molecular complexity index is 93.1. The molecular formula is C7H14BrNO2. The quantitative estimate of drug-likeness (QED) is 0.658. The highest BCUT2D eigenvalue weighted by Crippen LogP contribution is 1.96. The van der Waals surface area contributed by atoms with Gasteiger partial charge in [-0.3, -0.25) is 4.79 Å². The van der Waals surface area contributed by atoms with Crippen LogP contribution in [0.25, 0.3) is 0 Å². The minimum absolute atomic E-state index is 0.0347. The molecule has 1 fully saturated rings. The van der Waals surface area contributed by atoms with Crippen LogP contribution < -0.4 is 5.32 Å². The van der Waals surface area contributed by atoms with Gasteiger partial charge in [-0.1, -0.05) is 22.4 Å². The summed E-state index contributed by atoms with van der Waals surface area (Å²) in [5, 5.41) is 11.0. The van der Waals surface area contributed by atoms with E-state index in [-0.39, 0.29) is 5.33 Å². The van der Waals surface area contributed by atoms with E-state index >= 15 is 0 Å². The molecule has 4 heteroatoms. The van der Waals surface area contributed by atoms with Crippen LogP contribution in [-0.4, -0.2) is 29.5 Å². The Kier molecular flexibility index (Phi) is 7.95. The molecule has 1 rings (SSSR count). The Hall–Kier alpha value is -0.0900. The molecule has 0 aromatic rings. The molecule has 0 aliphatic carbocycles. The molecule has 11 heavy (non-hydrogen) atoms. The fourth-order valence-corrected chi connectivity index (χ4v) is 0.802. The Balaban J connectivity index is 0.000000187. The van der Waals surface area contributed by atoms with Crippen LogP contribution in [0, 0.1) is 0 Å². The number of alkyl halides is 1. The standard InChI is InChI=1S/C5H11N.C2H3BrO2/c1-2-4-6-5-3-1;3-1-2(4)5/h6H,1-5H2;1H2,(H,4,5). The minimum Gasteiger partial charge on any atom is -0.481 e. The molecule has 2 N–H and O–H groups in total. The van der Waals surface area contributed by atoms with Gasteiger partial charge < -0.3 is 10.4 Å². The van der Waals surface area contributed by atoms with E-state index in [0.717, 1.165) is 0 Å². The molecule has 1 saturated heterocycles. The van der Waals surface area contributed by atoms with Crippen molar-refractivity contribution in [3.05, 3.63) is 0 Å². The average Bonchev–Trinajstić information content (AvgIpc) is 2.09. The highest BCUT2D eigenvalue weighted by atomic mass is 79.9. The lowest BCUT2D eigenvalue weighted by Crippen LogP contribution is -2.21. The summed E-state index contributed by atoms with van der Waals surface area (Å²) in [5.41, 5.74) is 0. The van der Waals surface area contributed by atoms with Gasteiger partial charge >= 0.3 is 5.97 Å². The van der Waals surface area contributed by atoms with E-state index in [1.54, 1.807) is 0 Å². The van der Waals surface area contributed by atoms with E-state index in [1.807, 2.05) is 0 Å². The normalized spacial score (nSPS) is 16.5. The van der Waals surface area contributed by atoms with E-state index in [4.69, 9.17) is 5.11 Å². The molecule has 1 aliphatic heterocycles. The summed E-state index contributed by atoms with van der Waals surface area (Å²) >= 11 is 2.71. The van der Waals surface area contributed by atoms with Crippen molar-refractivity contribution in [1.29, 1.82) is 0 Å². The van der Waals surface area contributed by atoms with Gasteiger partial charge in [-0.2, -0.15) is 0 Å². The molecule has 3 nitrogen and oxygen atoms in total. The molecule has 0 aromatic carbocycles. The highest BCUT2D eigenvalue weighted by Gasteiger charge is 1.93. The molecule has 0 spiro atoms. The van der Waals surface area contributed by atoms with Crippen LogP contribution in [0.1, 0.15) is 19.3 Å². The van der Waals surface area contributed by atoms with Crippen LogP contribution in [-0.2, 0) is 4.79 Å². The maximum absolute atomic E-state index is 9.32. The molecule has 1 aliphatic rings. The Labute approximate surface area is 75.3 Å². The monoisotopic (exact) mass is 223 g/mol. The summed E-state index contributed by atoms with van der Waals surface area (Å²) in [6.07, 6.45) is 4.22. The van der Waals surface area contributed by atoms with Crippen molar-refractivity contribution in [2.24, 2.45) is 0 Å². The molecule has 0 atom stereocenters. The number of carboxylic acids is 1. The number of hydrogen-bond acceptors (Lipinski definition) is 2. The van der Waals surface area contributed by atoms with Crippen LogP contribution in [0.2, 0.25) is 0 Å². The second-order valence-electron chi connectivity index (χ2n) is 2.34. The first kappa shape index (κ1) is 10.9. The van der Waals surface area contributed by atoms with Gasteiger partial charge in [-0.25, -0.2) is 0 Å². The summed E-state index contributed by atoms with van der Waals surface area (Å²) in [7, 11) is 0. The number of piperidine rings is 1. The zero-order chi connectivity index (χ0) is 8.53. The number of aliphatic carboxylic acids is 1. The third-order valence-corrected chi connectivity index (χ3v) is 1.80. The summed E-state index contributed by atoms with van der Waals surface area (Å²) < 4.78 is 0. The van der Waals surface area contributed by atoms with Crippen molar-refractivity contribution < 1.29 is 9.90 Å². The van der Waals surface area contributed by atoms with Gasteiger partial charge in [0.2, 0.25) is 0 Å². The fourth-order valence-electron chi connectivity index (χ4n) is 0.802. The number of nitrogens with one attached hydrogen (secondary N) is 1. The molecule has 0 amide bonds. The summed E-state index contributed by atoms with van der Waals surface area (Å²) in [6.45, 7) is 2.50. The Morgan fingerprint density at radius 1 is 1.36 bits per heavy atom. The first-order chi connectivity index (χ1) is 5.27. The first-order valence-electron chi connectivity index (χ1n) is 3.76. The third kappa shape index (κ3) is 9.91. The molecule has 0 aromatic heterocycles. The first-order valence-corrected chi connectivity index (χ1v) is 4.88. The van der Waals surface area contributed by atoms with E-state index in [0.29, 0.717) is 0 Å². The second kappa shape index (κ2) is 8.01. The van der Waals surface area contributed by atoms with Crippen molar-refractivity contribution in [3.63, 3.8) is 0 Å². The second-order valence-corrected chi connectivity index (χ2v) is 2.90. The third-order valence-electron chi connectivity index (χ3n) is 1.32. The van der Waals surface area contributed by atoms with Crippen molar-refractivity contribution in [3.8, 4) is 0 Å². The largest absolute Gasteiger partial charge is 0.481 e. The van der Waals surface area contributed by atoms with E-state index in [2.05, 4.69) is 21.2 Å². The average molecular weight is 224 g/mol. The molecule has 0 radical (unpaired) electrons. The van der Waals surface area contributed by atoms with Gasteiger partial charge in [0.1, 0.15) is 5.33 Å². The minimum atomic E-state index is -0.829. The molecule has 66 valence electrons. The van der Waals surface area contributed by atoms with Gasteiger partial charge in [-0.15, -0.1) is 0 Å². The van der Waals surface area contributed by atoms with Gasteiger partial charge in [0, 0.05) is 0 Å². The van der Waals surface area contributed by atoms with Crippen molar-refractivity contribution in [2.45, 2.75) is 19.3 Å². The zero-order valence-electron chi connectivity index (χ0n) is 6.48. The van der Waals surface area contributed by atoms with Gasteiger partial charge in [-0.05, 0) is 25.9 Å². The van der Waals surface area contributed by atoms with Crippen molar-refractivity contribution in [2.75, 3.05) is 18.4 Å². The number of rotatable bonds is 1. The lowest BCUT2D eigenvalue weighted by molar-refractivity contribution is -0.133. The van der Waals surface area contributed by atoms with Gasteiger partial charge in [0.25, 0.3) is 0 Å². The predicted molar refractivity (Wildman–Crippen MR) is 48.2 cm³/mol. The van der Waals surface area contributed by atoms with Crippen LogP contribution in [0.4, 0.5) is 0 Å². The van der Waals surface area contributed by atoms with Crippen LogP contribution >= 0.6 is 15.9 Å². The Morgan fingerprint density at radius 2 is 1.82 bits per heavy atom. The van der Waals surface area contributed by atoms with Crippen molar-refractivity contribution in [1.82, 2.24) is 5.32 Å². The smallest absolute Gasteiger partial charge is 0.314 e. The van der Waals surface area contributed by atoms with Gasteiger partial charge in [0.05, 0.1) is 0 Å². The Morgan fingerprint density at radius 3 is 1.91 bits per heavy atom. The molecule has 1 heterocycles. The molecule has 0 bridgehead atoms. The molecule has 0 saturated carbocycles. The zero-order valence-corrected chi connectivity index (χ0v) is 8.06. The lowest BCUT2D eigenvalue weighted by atomic mass is 10.2. The maximum atomic E-state index is 9.32. The lowest BCUT2D eigenvalue weighted by Gasteiger charge is -2.08. The number of hydrogen-bond donors (Lipinski definition) is 2.